The first-order valence-electron chi connectivity index (χ1n) is 8.27. The number of esters is 1. The highest BCUT2D eigenvalue weighted by Crippen LogP contribution is 2.32. The molecule has 28 heavy (non-hydrogen) atoms. The van der Waals surface area contributed by atoms with Crippen LogP contribution in [-0.4, -0.2) is 18.5 Å². The summed E-state index contributed by atoms with van der Waals surface area (Å²) in [6.07, 6.45) is 0. The number of ether oxygens (including phenoxy) is 2. The van der Waals surface area contributed by atoms with Crippen molar-refractivity contribution in [3.8, 4) is 11.5 Å². The number of carbonyl (C=O) groups excluding carboxylic acids is 2. The second kappa shape index (κ2) is 9.01. The fraction of sp³-hybridized carbons (Fsp3) is 0.0476. The van der Waals surface area contributed by atoms with Crippen molar-refractivity contribution in [2.75, 3.05) is 11.9 Å². The van der Waals surface area contributed by atoms with Crippen molar-refractivity contribution >= 4 is 29.2 Å². The molecule has 0 unspecified atom stereocenters. The van der Waals surface area contributed by atoms with E-state index in [4.69, 9.17) is 21.1 Å². The number of para-hydroxylation sites is 1. The number of nitrogens with one attached hydrogen (secondary N) is 1. The number of halogens is 2. The summed E-state index contributed by atoms with van der Waals surface area (Å²) in [6.45, 7) is -0.593. The predicted octanol–water partition coefficient (Wildman–Crippen LogP) is 5.07. The largest absolute Gasteiger partial charge is 0.455 e. The van der Waals surface area contributed by atoms with E-state index >= 15 is 0 Å². The second-order valence-electron chi connectivity index (χ2n) is 5.66. The summed E-state index contributed by atoms with van der Waals surface area (Å²) in [7, 11) is 0. The standard InChI is InChI=1S/C21H15ClFNO4/c22-14-10-11-19(28-15-6-2-1-3-7-15)18(12-14)24-20(25)13-27-21(26)16-8-4-5-9-17(16)23/h1-12H,13H2,(H,24,25). The van der Waals surface area contributed by atoms with Crippen LogP contribution >= 0.6 is 11.6 Å². The van der Waals surface area contributed by atoms with Crippen LogP contribution in [0.1, 0.15) is 10.4 Å². The van der Waals surface area contributed by atoms with Gasteiger partial charge in [-0.15, -0.1) is 0 Å². The third-order valence-electron chi connectivity index (χ3n) is 3.61. The second-order valence-corrected chi connectivity index (χ2v) is 6.10. The van der Waals surface area contributed by atoms with Gasteiger partial charge in [-0.05, 0) is 42.5 Å². The molecule has 142 valence electrons. The number of hydrogen-bond acceptors (Lipinski definition) is 4. The average Bonchev–Trinajstić information content (AvgIpc) is 2.69. The van der Waals surface area contributed by atoms with Crippen molar-refractivity contribution in [1.29, 1.82) is 0 Å². The Balaban J connectivity index is 1.66. The molecule has 7 heteroatoms. The van der Waals surface area contributed by atoms with E-state index in [2.05, 4.69) is 5.32 Å². The van der Waals surface area contributed by atoms with E-state index < -0.39 is 24.3 Å². The molecule has 0 atom stereocenters. The minimum atomic E-state index is -0.930. The van der Waals surface area contributed by atoms with E-state index in [1.165, 1.54) is 24.3 Å². The van der Waals surface area contributed by atoms with Gasteiger partial charge in [0.05, 0.1) is 11.3 Å². The molecule has 0 bridgehead atoms. The first kappa shape index (κ1) is 19.4. The molecule has 0 saturated carbocycles. The molecule has 0 spiro atoms. The van der Waals surface area contributed by atoms with Crippen LogP contribution < -0.4 is 10.1 Å². The average molecular weight is 400 g/mol. The maximum absolute atomic E-state index is 13.6. The number of hydrogen-bond donors (Lipinski definition) is 1. The summed E-state index contributed by atoms with van der Waals surface area (Å²) >= 11 is 5.99. The minimum absolute atomic E-state index is 0.244. The molecule has 0 saturated heterocycles. The van der Waals surface area contributed by atoms with Gasteiger partial charge in [-0.1, -0.05) is 41.9 Å². The fourth-order valence-electron chi connectivity index (χ4n) is 2.33. The van der Waals surface area contributed by atoms with Gasteiger partial charge in [-0.3, -0.25) is 4.79 Å². The van der Waals surface area contributed by atoms with Crippen molar-refractivity contribution in [2.45, 2.75) is 0 Å². The Labute approximate surface area is 165 Å². The summed E-state index contributed by atoms with van der Waals surface area (Å²) < 4.78 is 24.2. The molecule has 1 N–H and O–H groups in total. The van der Waals surface area contributed by atoms with Gasteiger partial charge in [0.25, 0.3) is 5.91 Å². The SMILES string of the molecule is O=C(COC(=O)c1ccccc1F)Nc1cc(Cl)ccc1Oc1ccccc1. The van der Waals surface area contributed by atoms with Crippen LogP contribution in [0.5, 0.6) is 11.5 Å². The van der Waals surface area contributed by atoms with Gasteiger partial charge in [-0.2, -0.15) is 0 Å². The highest BCUT2D eigenvalue weighted by atomic mass is 35.5. The quantitative estimate of drug-likeness (QED) is 0.588. The molecule has 0 aliphatic carbocycles. The Hall–Kier alpha value is -3.38. The molecule has 1 amide bonds. The van der Waals surface area contributed by atoms with Crippen LogP contribution in [0.3, 0.4) is 0 Å². The van der Waals surface area contributed by atoms with Crippen molar-refractivity contribution in [2.24, 2.45) is 0 Å². The molecule has 0 aliphatic heterocycles. The zero-order valence-electron chi connectivity index (χ0n) is 14.5. The molecule has 0 radical (unpaired) electrons. The molecule has 0 aromatic heterocycles. The molecule has 3 rings (SSSR count). The fourth-order valence-corrected chi connectivity index (χ4v) is 2.50. The third-order valence-corrected chi connectivity index (χ3v) is 3.85. The number of carbonyl (C=O) groups is 2. The molecule has 3 aromatic rings. The van der Waals surface area contributed by atoms with Gasteiger partial charge >= 0.3 is 5.97 Å². The number of rotatable bonds is 6. The van der Waals surface area contributed by atoms with Gasteiger partial charge < -0.3 is 14.8 Å². The number of anilines is 1. The Morgan fingerprint density at radius 3 is 2.43 bits per heavy atom. The van der Waals surface area contributed by atoms with Crippen LogP contribution in [0.15, 0.2) is 72.8 Å². The first-order valence-corrected chi connectivity index (χ1v) is 8.64. The van der Waals surface area contributed by atoms with Crippen molar-refractivity contribution < 1.29 is 23.5 Å². The molecule has 0 aliphatic rings. The Bertz CT molecular complexity index is 995. The van der Waals surface area contributed by atoms with Gasteiger partial charge in [-0.25, -0.2) is 9.18 Å². The van der Waals surface area contributed by atoms with Crippen LogP contribution in [0, 0.1) is 5.82 Å². The molecule has 5 nitrogen and oxygen atoms in total. The lowest BCUT2D eigenvalue weighted by molar-refractivity contribution is -0.119. The van der Waals surface area contributed by atoms with E-state index in [-0.39, 0.29) is 5.56 Å². The Kier molecular flexibility index (Phi) is 6.24. The zero-order chi connectivity index (χ0) is 19.9. The van der Waals surface area contributed by atoms with Crippen LogP contribution in [0.4, 0.5) is 10.1 Å². The number of amides is 1. The topological polar surface area (TPSA) is 64.6 Å². The van der Waals surface area contributed by atoms with Gasteiger partial charge in [0, 0.05) is 5.02 Å². The predicted molar refractivity (Wildman–Crippen MR) is 103 cm³/mol. The third kappa shape index (κ3) is 5.08. The van der Waals surface area contributed by atoms with Crippen LogP contribution in [-0.2, 0) is 9.53 Å². The van der Waals surface area contributed by atoms with E-state index in [0.29, 0.717) is 22.2 Å². The molecule has 0 fully saturated rings. The molecule has 0 heterocycles. The summed E-state index contributed by atoms with van der Waals surface area (Å²) in [6, 6.07) is 19.1. The van der Waals surface area contributed by atoms with Crippen LogP contribution in [0.2, 0.25) is 5.02 Å². The summed E-state index contributed by atoms with van der Waals surface area (Å²) in [5.74, 6) is -1.33. The van der Waals surface area contributed by atoms with E-state index in [0.717, 1.165) is 6.07 Å². The highest BCUT2D eigenvalue weighted by molar-refractivity contribution is 6.31. The molecular weight excluding hydrogens is 385 g/mol. The normalized spacial score (nSPS) is 10.2. The smallest absolute Gasteiger partial charge is 0.341 e. The highest BCUT2D eigenvalue weighted by Gasteiger charge is 2.15. The van der Waals surface area contributed by atoms with Crippen LogP contribution in [0.25, 0.3) is 0 Å². The molecule has 3 aromatic carbocycles. The summed E-state index contributed by atoms with van der Waals surface area (Å²) in [4.78, 5) is 24.1. The monoisotopic (exact) mass is 399 g/mol. The maximum atomic E-state index is 13.6. The first-order chi connectivity index (χ1) is 13.5. The van der Waals surface area contributed by atoms with Gasteiger partial charge in [0.2, 0.25) is 0 Å². The van der Waals surface area contributed by atoms with Crippen molar-refractivity contribution in [3.63, 3.8) is 0 Å². The Morgan fingerprint density at radius 2 is 1.68 bits per heavy atom. The minimum Gasteiger partial charge on any atom is -0.455 e. The van der Waals surface area contributed by atoms with Crippen molar-refractivity contribution in [1.82, 2.24) is 0 Å². The summed E-state index contributed by atoms with van der Waals surface area (Å²) in [5.41, 5.74) is 0.0643. The maximum Gasteiger partial charge on any atom is 0.341 e. The lowest BCUT2D eigenvalue weighted by Crippen LogP contribution is -2.21. The van der Waals surface area contributed by atoms with Gasteiger partial charge in [0.1, 0.15) is 11.6 Å². The number of benzene rings is 3. The Morgan fingerprint density at radius 1 is 0.964 bits per heavy atom. The van der Waals surface area contributed by atoms with E-state index in [1.54, 1.807) is 24.3 Å². The van der Waals surface area contributed by atoms with Gasteiger partial charge in [0.15, 0.2) is 12.4 Å². The summed E-state index contributed by atoms with van der Waals surface area (Å²) in [5, 5.41) is 2.96. The van der Waals surface area contributed by atoms with E-state index in [1.807, 2.05) is 18.2 Å². The lowest BCUT2D eigenvalue weighted by atomic mass is 10.2. The van der Waals surface area contributed by atoms with Crippen molar-refractivity contribution in [3.05, 3.63) is 89.2 Å². The lowest BCUT2D eigenvalue weighted by Gasteiger charge is -2.13. The zero-order valence-corrected chi connectivity index (χ0v) is 15.3. The van der Waals surface area contributed by atoms with E-state index in [9.17, 15) is 14.0 Å². The molecular formula is C21H15ClFNO4.